The summed E-state index contributed by atoms with van der Waals surface area (Å²) in [5.41, 5.74) is 1.85. The monoisotopic (exact) mass is 327 g/mol. The second kappa shape index (κ2) is 7.25. The number of hydrogen-bond donors (Lipinski definition) is 1. The molecule has 1 aromatic rings. The second-order valence-corrected chi connectivity index (χ2v) is 8.13. The van der Waals surface area contributed by atoms with E-state index in [1.54, 1.807) is 0 Å². The van der Waals surface area contributed by atoms with Crippen molar-refractivity contribution >= 4 is 11.6 Å². The summed E-state index contributed by atoms with van der Waals surface area (Å²) in [6.45, 7) is 10.0. The molecule has 4 nitrogen and oxygen atoms in total. The highest BCUT2D eigenvalue weighted by molar-refractivity contribution is 5.77. The van der Waals surface area contributed by atoms with Crippen molar-refractivity contribution in [3.63, 3.8) is 0 Å². The molecular weight excluding hydrogens is 298 g/mol. The van der Waals surface area contributed by atoms with E-state index in [4.69, 9.17) is 0 Å². The minimum Gasteiger partial charge on any atom is -0.371 e. The molecule has 0 atom stereocenters. The highest BCUT2D eigenvalue weighted by Gasteiger charge is 2.36. The molecule has 1 saturated heterocycles. The Hall–Kier alpha value is -2.02. The number of aryl methyl sites for hydroxylation is 1. The normalized spacial score (nSPS) is 17.2. The van der Waals surface area contributed by atoms with Crippen molar-refractivity contribution in [2.75, 3.05) is 18.0 Å². The van der Waals surface area contributed by atoms with Crippen LogP contribution in [0.15, 0.2) is 24.3 Å². The third-order valence-electron chi connectivity index (χ3n) is 4.71. The summed E-state index contributed by atoms with van der Waals surface area (Å²) < 4.78 is 0. The number of carbonyl (C=O) groups excluding carboxylic acids is 1. The Morgan fingerprint density at radius 3 is 2.33 bits per heavy atom. The van der Waals surface area contributed by atoms with Gasteiger partial charge in [-0.15, -0.1) is 0 Å². The number of nitrogens with zero attached hydrogens (tertiary/aromatic N) is 2. The third kappa shape index (κ3) is 4.99. The molecule has 130 valence electrons. The Bertz CT molecular complexity index is 599. The van der Waals surface area contributed by atoms with E-state index in [1.165, 1.54) is 11.3 Å². The highest BCUT2D eigenvalue weighted by Crippen LogP contribution is 2.27. The molecular formula is C20H29N3O. The average Bonchev–Trinajstić information content (AvgIpc) is 2.54. The first-order chi connectivity index (χ1) is 11.2. The minimum absolute atomic E-state index is 0.00439. The fourth-order valence-corrected chi connectivity index (χ4v) is 2.98. The number of benzene rings is 1. The smallest absolute Gasteiger partial charge is 0.221 e. The number of rotatable bonds is 4. The van der Waals surface area contributed by atoms with Gasteiger partial charge < -0.3 is 10.2 Å². The summed E-state index contributed by atoms with van der Waals surface area (Å²) in [5, 5.41) is 12.6. The summed E-state index contributed by atoms with van der Waals surface area (Å²) in [6, 6.07) is 10.8. The van der Waals surface area contributed by atoms with Crippen LogP contribution in [0.3, 0.4) is 0 Å². The maximum atomic E-state index is 12.2. The van der Waals surface area contributed by atoms with E-state index >= 15 is 0 Å². The lowest BCUT2D eigenvalue weighted by Crippen LogP contribution is -2.54. The lowest BCUT2D eigenvalue weighted by atomic mass is 9.87. The standard InChI is InChI=1S/C20H29N3O/c1-16-5-7-17(8-6-16)23-13-11-20(15-21,12-14-23)22-18(24)9-10-19(2,3)4/h5-8H,9-14H2,1-4H3,(H,22,24). The molecule has 1 heterocycles. The van der Waals surface area contributed by atoms with Crippen LogP contribution in [0.2, 0.25) is 0 Å². The maximum absolute atomic E-state index is 12.2. The van der Waals surface area contributed by atoms with Gasteiger partial charge in [0.25, 0.3) is 0 Å². The van der Waals surface area contributed by atoms with Gasteiger partial charge in [-0.3, -0.25) is 4.79 Å². The first-order valence-electron chi connectivity index (χ1n) is 8.77. The SMILES string of the molecule is Cc1ccc(N2CCC(C#N)(NC(=O)CCC(C)(C)C)CC2)cc1. The van der Waals surface area contributed by atoms with Gasteiger partial charge in [-0.2, -0.15) is 5.26 Å². The van der Waals surface area contributed by atoms with Gasteiger partial charge in [0.05, 0.1) is 6.07 Å². The van der Waals surface area contributed by atoms with E-state index in [-0.39, 0.29) is 11.3 Å². The first-order valence-corrected chi connectivity index (χ1v) is 8.77. The van der Waals surface area contributed by atoms with Crippen LogP contribution in [0, 0.1) is 23.7 Å². The molecule has 24 heavy (non-hydrogen) atoms. The summed E-state index contributed by atoms with van der Waals surface area (Å²) >= 11 is 0. The van der Waals surface area contributed by atoms with Crippen LogP contribution in [-0.4, -0.2) is 24.5 Å². The average molecular weight is 327 g/mol. The van der Waals surface area contributed by atoms with E-state index < -0.39 is 5.54 Å². The van der Waals surface area contributed by atoms with Crippen molar-refractivity contribution in [3.05, 3.63) is 29.8 Å². The molecule has 0 spiro atoms. The van der Waals surface area contributed by atoms with E-state index in [9.17, 15) is 10.1 Å². The van der Waals surface area contributed by atoms with E-state index in [0.717, 1.165) is 19.5 Å². The van der Waals surface area contributed by atoms with Crippen molar-refractivity contribution in [1.82, 2.24) is 5.32 Å². The Kier molecular flexibility index (Phi) is 5.54. The first kappa shape index (κ1) is 18.3. The molecule has 4 heteroatoms. The third-order valence-corrected chi connectivity index (χ3v) is 4.71. The number of nitrogens with one attached hydrogen (secondary N) is 1. The topological polar surface area (TPSA) is 56.1 Å². The molecule has 1 N–H and O–H groups in total. The summed E-state index contributed by atoms with van der Waals surface area (Å²) in [7, 11) is 0. The molecule has 2 rings (SSSR count). The van der Waals surface area contributed by atoms with Crippen LogP contribution >= 0.6 is 0 Å². The quantitative estimate of drug-likeness (QED) is 0.915. The van der Waals surface area contributed by atoms with Crippen molar-refractivity contribution in [3.8, 4) is 6.07 Å². The Balaban J connectivity index is 1.92. The molecule has 0 saturated carbocycles. The number of hydrogen-bond acceptors (Lipinski definition) is 3. The van der Waals surface area contributed by atoms with Gasteiger partial charge in [-0.05, 0) is 30.9 Å². The van der Waals surface area contributed by atoms with Crippen molar-refractivity contribution < 1.29 is 4.79 Å². The molecule has 0 bridgehead atoms. The van der Waals surface area contributed by atoms with Crippen molar-refractivity contribution in [2.45, 2.75) is 58.9 Å². The Labute approximate surface area is 145 Å². The number of carbonyl (C=O) groups is 1. The van der Waals surface area contributed by atoms with Gasteiger partial charge in [-0.1, -0.05) is 38.5 Å². The second-order valence-electron chi connectivity index (χ2n) is 8.13. The van der Waals surface area contributed by atoms with Gasteiger partial charge in [0, 0.05) is 38.0 Å². The van der Waals surface area contributed by atoms with Gasteiger partial charge >= 0.3 is 0 Å². The fraction of sp³-hybridized carbons (Fsp3) is 0.600. The maximum Gasteiger partial charge on any atom is 0.221 e. The summed E-state index contributed by atoms with van der Waals surface area (Å²) in [5.74, 6) is -0.00439. The van der Waals surface area contributed by atoms with E-state index in [1.807, 2.05) is 0 Å². The largest absolute Gasteiger partial charge is 0.371 e. The zero-order valence-electron chi connectivity index (χ0n) is 15.4. The number of anilines is 1. The molecule has 1 aliphatic heterocycles. The molecule has 1 fully saturated rings. The van der Waals surface area contributed by atoms with Crippen LogP contribution in [0.1, 0.15) is 52.0 Å². The lowest BCUT2D eigenvalue weighted by molar-refractivity contribution is -0.123. The van der Waals surface area contributed by atoms with E-state index in [2.05, 4.69) is 68.2 Å². The number of piperidine rings is 1. The van der Waals surface area contributed by atoms with Crippen molar-refractivity contribution in [2.24, 2.45) is 5.41 Å². The Morgan fingerprint density at radius 1 is 1.25 bits per heavy atom. The van der Waals surface area contributed by atoms with Gasteiger partial charge in [0.15, 0.2) is 0 Å². The predicted molar refractivity (Wildman–Crippen MR) is 97.8 cm³/mol. The minimum atomic E-state index is -0.712. The summed E-state index contributed by atoms with van der Waals surface area (Å²) in [4.78, 5) is 14.5. The molecule has 0 unspecified atom stereocenters. The van der Waals surface area contributed by atoms with Crippen LogP contribution < -0.4 is 10.2 Å². The van der Waals surface area contributed by atoms with Gasteiger partial charge in [-0.25, -0.2) is 0 Å². The Morgan fingerprint density at radius 2 is 1.83 bits per heavy atom. The highest BCUT2D eigenvalue weighted by atomic mass is 16.1. The van der Waals surface area contributed by atoms with Crippen LogP contribution in [-0.2, 0) is 4.79 Å². The number of nitriles is 1. The molecule has 0 aliphatic carbocycles. The molecule has 0 aromatic heterocycles. The van der Waals surface area contributed by atoms with Gasteiger partial charge in [0.2, 0.25) is 5.91 Å². The fourth-order valence-electron chi connectivity index (χ4n) is 2.98. The van der Waals surface area contributed by atoms with Crippen LogP contribution in [0.4, 0.5) is 5.69 Å². The molecule has 1 amide bonds. The van der Waals surface area contributed by atoms with Crippen LogP contribution in [0.25, 0.3) is 0 Å². The van der Waals surface area contributed by atoms with Gasteiger partial charge in [0.1, 0.15) is 5.54 Å². The number of amides is 1. The lowest BCUT2D eigenvalue weighted by Gasteiger charge is -2.39. The summed E-state index contributed by atoms with van der Waals surface area (Å²) in [6.07, 6.45) is 2.64. The molecule has 1 aromatic carbocycles. The zero-order valence-corrected chi connectivity index (χ0v) is 15.4. The predicted octanol–water partition coefficient (Wildman–Crippen LogP) is 3.80. The molecule has 0 radical (unpaired) electrons. The molecule has 1 aliphatic rings. The van der Waals surface area contributed by atoms with Crippen LogP contribution in [0.5, 0.6) is 0 Å². The zero-order chi connectivity index (χ0) is 17.8. The van der Waals surface area contributed by atoms with Crippen molar-refractivity contribution in [1.29, 1.82) is 5.26 Å². The van der Waals surface area contributed by atoms with E-state index in [0.29, 0.717) is 19.3 Å².